The van der Waals surface area contributed by atoms with Crippen LogP contribution in [0.15, 0.2) is 0 Å². The minimum Gasteiger partial charge on any atom is -0.481 e. The van der Waals surface area contributed by atoms with Gasteiger partial charge in [-0.15, -0.1) is 0 Å². The number of carboxylic acids is 1. The zero-order chi connectivity index (χ0) is 12.6. The van der Waals surface area contributed by atoms with E-state index in [1.165, 1.54) is 0 Å². The lowest BCUT2D eigenvalue weighted by Gasteiger charge is -2.24. The fraction of sp³-hybridized carbons (Fsp3) is 0.818. The number of carbonyl (C=O) groups excluding carboxylic acids is 1. The van der Waals surface area contributed by atoms with Crippen molar-refractivity contribution in [1.82, 2.24) is 10.6 Å². The van der Waals surface area contributed by atoms with E-state index in [-0.39, 0.29) is 24.0 Å². The molecule has 5 atom stereocenters. The van der Waals surface area contributed by atoms with Crippen molar-refractivity contribution < 1.29 is 14.7 Å². The van der Waals surface area contributed by atoms with Gasteiger partial charge in [-0.3, -0.25) is 4.79 Å². The third kappa shape index (κ3) is 2.51. The molecule has 2 amide bonds. The van der Waals surface area contributed by atoms with Gasteiger partial charge < -0.3 is 15.7 Å². The maximum absolute atomic E-state index is 11.2. The Labute approximate surface area is 105 Å². The molecule has 17 heavy (non-hydrogen) atoms. The fourth-order valence-corrected chi connectivity index (χ4v) is 4.26. The van der Waals surface area contributed by atoms with Crippen LogP contribution in [0, 0.1) is 11.8 Å². The molecular formula is C11H18N2O3S. The lowest BCUT2D eigenvalue weighted by Crippen LogP contribution is -2.40. The smallest absolute Gasteiger partial charge is 0.315 e. The SMILES string of the molecule is CC(CC(C)C1SCC2NC(=O)NC21)C(=O)O. The lowest BCUT2D eigenvalue weighted by atomic mass is 9.90. The molecule has 0 aromatic heterocycles. The number of amides is 2. The number of thioether (sulfide) groups is 1. The van der Waals surface area contributed by atoms with Gasteiger partial charge in [-0.1, -0.05) is 13.8 Å². The molecule has 0 aromatic rings. The van der Waals surface area contributed by atoms with Crippen LogP contribution in [0.25, 0.3) is 0 Å². The molecule has 0 aliphatic carbocycles. The van der Waals surface area contributed by atoms with Crippen LogP contribution in [0.5, 0.6) is 0 Å². The second kappa shape index (κ2) is 4.76. The molecule has 5 unspecified atom stereocenters. The van der Waals surface area contributed by atoms with Gasteiger partial charge in [-0.25, -0.2) is 4.79 Å². The van der Waals surface area contributed by atoms with Crippen molar-refractivity contribution in [3.63, 3.8) is 0 Å². The van der Waals surface area contributed by atoms with Crippen molar-refractivity contribution in [2.24, 2.45) is 11.8 Å². The molecule has 2 aliphatic rings. The first-order chi connectivity index (χ1) is 7.99. The van der Waals surface area contributed by atoms with Crippen molar-refractivity contribution in [1.29, 1.82) is 0 Å². The minimum atomic E-state index is -0.745. The average molecular weight is 258 g/mol. The van der Waals surface area contributed by atoms with Crippen LogP contribution in [0.2, 0.25) is 0 Å². The first kappa shape index (κ1) is 12.5. The van der Waals surface area contributed by atoms with Crippen LogP contribution in [-0.4, -0.2) is 40.2 Å². The van der Waals surface area contributed by atoms with Gasteiger partial charge in [0, 0.05) is 11.0 Å². The van der Waals surface area contributed by atoms with Crippen molar-refractivity contribution in [2.75, 3.05) is 5.75 Å². The highest BCUT2D eigenvalue weighted by Gasteiger charge is 2.45. The summed E-state index contributed by atoms with van der Waals surface area (Å²) in [6, 6.07) is 0.271. The maximum Gasteiger partial charge on any atom is 0.315 e. The first-order valence-electron chi connectivity index (χ1n) is 5.90. The molecule has 2 heterocycles. The van der Waals surface area contributed by atoms with E-state index in [0.717, 1.165) is 5.75 Å². The van der Waals surface area contributed by atoms with Gasteiger partial charge in [-0.2, -0.15) is 11.8 Å². The minimum absolute atomic E-state index is 0.0937. The van der Waals surface area contributed by atoms with Gasteiger partial charge in [0.15, 0.2) is 0 Å². The number of fused-ring (bicyclic) bond motifs is 1. The second-order valence-electron chi connectivity index (χ2n) is 5.00. The number of carboxylic acid groups (broad SMARTS) is 1. The average Bonchev–Trinajstić information content (AvgIpc) is 2.75. The zero-order valence-corrected chi connectivity index (χ0v) is 10.8. The van der Waals surface area contributed by atoms with E-state index in [4.69, 9.17) is 5.11 Å². The molecule has 3 N–H and O–H groups in total. The Morgan fingerprint density at radius 1 is 1.53 bits per heavy atom. The van der Waals surface area contributed by atoms with E-state index in [0.29, 0.717) is 17.6 Å². The summed E-state index contributed by atoms with van der Waals surface area (Å²) in [5.41, 5.74) is 0. The zero-order valence-electron chi connectivity index (χ0n) is 9.97. The summed E-state index contributed by atoms with van der Waals surface area (Å²) in [6.07, 6.45) is 0.659. The normalized spacial score (nSPS) is 34.7. The third-order valence-corrected chi connectivity index (χ3v) is 5.27. The predicted octanol–water partition coefficient (Wildman–Crippen LogP) is 0.899. The van der Waals surface area contributed by atoms with E-state index in [9.17, 15) is 9.59 Å². The molecule has 6 heteroatoms. The largest absolute Gasteiger partial charge is 0.481 e. The van der Waals surface area contributed by atoms with Gasteiger partial charge in [0.05, 0.1) is 18.0 Å². The third-order valence-electron chi connectivity index (χ3n) is 3.58. The van der Waals surface area contributed by atoms with Gasteiger partial charge in [-0.05, 0) is 12.3 Å². The molecular weight excluding hydrogens is 240 g/mol. The Morgan fingerprint density at radius 3 is 2.88 bits per heavy atom. The number of carbonyl (C=O) groups is 2. The summed E-state index contributed by atoms with van der Waals surface area (Å²) in [5, 5.41) is 15.1. The van der Waals surface area contributed by atoms with Crippen LogP contribution in [0.4, 0.5) is 4.79 Å². The second-order valence-corrected chi connectivity index (χ2v) is 6.21. The highest BCUT2D eigenvalue weighted by molar-refractivity contribution is 8.00. The molecule has 0 bridgehead atoms. The molecule has 0 saturated carbocycles. The highest BCUT2D eigenvalue weighted by Crippen LogP contribution is 2.36. The summed E-state index contributed by atoms with van der Waals surface area (Å²) >= 11 is 1.83. The van der Waals surface area contributed by atoms with E-state index in [1.807, 2.05) is 11.8 Å². The summed E-state index contributed by atoms with van der Waals surface area (Å²) < 4.78 is 0. The monoisotopic (exact) mass is 258 g/mol. The Hall–Kier alpha value is -0.910. The van der Waals surface area contributed by atoms with E-state index in [1.54, 1.807) is 6.92 Å². The van der Waals surface area contributed by atoms with Crippen molar-refractivity contribution in [2.45, 2.75) is 37.6 Å². The van der Waals surface area contributed by atoms with E-state index in [2.05, 4.69) is 17.6 Å². The Morgan fingerprint density at radius 2 is 2.24 bits per heavy atom. The standard InChI is InChI=1S/C11H18N2O3S/c1-5(3-6(2)10(14)15)9-8-7(4-17-9)12-11(16)13-8/h5-9H,3-4H2,1-2H3,(H,14,15)(H2,12,13,16). The molecule has 2 aliphatic heterocycles. The predicted molar refractivity (Wildman–Crippen MR) is 66.1 cm³/mol. The Bertz CT molecular complexity index is 337. The van der Waals surface area contributed by atoms with Crippen LogP contribution in [0.3, 0.4) is 0 Å². The van der Waals surface area contributed by atoms with Crippen LogP contribution in [-0.2, 0) is 4.79 Å². The molecule has 96 valence electrons. The van der Waals surface area contributed by atoms with E-state index >= 15 is 0 Å². The molecule has 2 fully saturated rings. The number of hydrogen-bond donors (Lipinski definition) is 3. The quantitative estimate of drug-likeness (QED) is 0.655. The number of urea groups is 1. The Kier molecular flexibility index (Phi) is 3.51. The van der Waals surface area contributed by atoms with Crippen molar-refractivity contribution >= 4 is 23.8 Å². The number of hydrogen-bond acceptors (Lipinski definition) is 3. The van der Waals surface area contributed by atoms with Gasteiger partial charge in [0.25, 0.3) is 0 Å². The Balaban J connectivity index is 1.94. The lowest BCUT2D eigenvalue weighted by molar-refractivity contribution is -0.141. The highest BCUT2D eigenvalue weighted by atomic mass is 32.2. The van der Waals surface area contributed by atoms with Crippen LogP contribution in [0.1, 0.15) is 20.3 Å². The number of rotatable bonds is 4. The molecule has 0 spiro atoms. The number of nitrogens with one attached hydrogen (secondary N) is 2. The van der Waals surface area contributed by atoms with Gasteiger partial charge >= 0.3 is 12.0 Å². The number of aliphatic carboxylic acids is 1. The summed E-state index contributed by atoms with van der Waals surface area (Å²) in [4.78, 5) is 22.1. The summed E-state index contributed by atoms with van der Waals surface area (Å²) in [5.74, 6) is 0.140. The molecule has 5 nitrogen and oxygen atoms in total. The fourth-order valence-electron chi connectivity index (χ4n) is 2.64. The van der Waals surface area contributed by atoms with Crippen molar-refractivity contribution in [3.8, 4) is 0 Å². The molecule has 0 radical (unpaired) electrons. The molecule has 2 saturated heterocycles. The van der Waals surface area contributed by atoms with Gasteiger partial charge in [0.2, 0.25) is 0 Å². The van der Waals surface area contributed by atoms with Crippen LogP contribution < -0.4 is 10.6 Å². The molecule has 2 rings (SSSR count). The van der Waals surface area contributed by atoms with Crippen molar-refractivity contribution in [3.05, 3.63) is 0 Å². The summed E-state index contributed by atoms with van der Waals surface area (Å²) in [6.45, 7) is 3.81. The van der Waals surface area contributed by atoms with E-state index < -0.39 is 5.97 Å². The maximum atomic E-state index is 11.2. The van der Waals surface area contributed by atoms with Gasteiger partial charge in [0.1, 0.15) is 0 Å². The topological polar surface area (TPSA) is 78.4 Å². The van der Waals surface area contributed by atoms with Crippen LogP contribution >= 0.6 is 11.8 Å². The first-order valence-corrected chi connectivity index (χ1v) is 6.95. The summed E-state index contributed by atoms with van der Waals surface area (Å²) in [7, 11) is 0. The molecule has 0 aromatic carbocycles.